The molecule has 0 aliphatic heterocycles. The third kappa shape index (κ3) is 4.19. The van der Waals surface area contributed by atoms with Crippen LogP contribution in [0.25, 0.3) is 11.0 Å². The molecule has 0 radical (unpaired) electrons. The first kappa shape index (κ1) is 20.8. The highest BCUT2D eigenvalue weighted by atomic mass is 35.5. The van der Waals surface area contributed by atoms with Crippen LogP contribution in [0.1, 0.15) is 42.4 Å². The molecule has 1 unspecified atom stereocenters. The molecular formula is C20H19ClN6OS2. The Morgan fingerprint density at radius 2 is 2.20 bits per heavy atom. The van der Waals surface area contributed by atoms with Gasteiger partial charge in [0.15, 0.2) is 9.99 Å². The van der Waals surface area contributed by atoms with Gasteiger partial charge in [-0.2, -0.15) is 5.10 Å². The smallest absolute Gasteiger partial charge is 0.256 e. The minimum Gasteiger partial charge on any atom is -0.322 e. The van der Waals surface area contributed by atoms with E-state index in [4.69, 9.17) is 11.6 Å². The molecule has 1 atom stereocenters. The zero-order chi connectivity index (χ0) is 21.3. The molecule has 30 heavy (non-hydrogen) atoms. The Balaban J connectivity index is 1.60. The number of pyridine rings is 1. The van der Waals surface area contributed by atoms with Gasteiger partial charge in [-0.1, -0.05) is 41.6 Å². The number of aryl methyl sites for hydroxylation is 1. The first-order valence-electron chi connectivity index (χ1n) is 9.36. The van der Waals surface area contributed by atoms with Crippen LogP contribution >= 0.6 is 34.7 Å². The van der Waals surface area contributed by atoms with E-state index in [0.717, 1.165) is 32.4 Å². The molecule has 3 heterocycles. The molecule has 0 spiro atoms. The van der Waals surface area contributed by atoms with E-state index in [1.54, 1.807) is 23.8 Å². The van der Waals surface area contributed by atoms with Crippen LogP contribution in [0.4, 0.5) is 5.69 Å². The topological polar surface area (TPSA) is 85.6 Å². The number of hydrogen-bond donors (Lipinski definition) is 1. The second kappa shape index (κ2) is 8.71. The Morgan fingerprint density at radius 1 is 1.37 bits per heavy atom. The fraction of sp³-hybridized carbons (Fsp3) is 0.250. The van der Waals surface area contributed by atoms with Crippen LogP contribution < -0.4 is 5.32 Å². The van der Waals surface area contributed by atoms with Gasteiger partial charge in [-0.3, -0.25) is 4.79 Å². The first-order valence-corrected chi connectivity index (χ1v) is 11.4. The van der Waals surface area contributed by atoms with Crippen molar-refractivity contribution in [3.05, 3.63) is 52.3 Å². The number of nitrogens with one attached hydrogen (secondary N) is 1. The zero-order valence-electron chi connectivity index (χ0n) is 16.6. The van der Waals surface area contributed by atoms with Crippen molar-refractivity contribution in [3.8, 4) is 0 Å². The molecule has 154 valence electrons. The Morgan fingerprint density at radius 3 is 2.90 bits per heavy atom. The Labute approximate surface area is 186 Å². The molecule has 1 N–H and O–H groups in total. The molecule has 1 amide bonds. The number of benzene rings is 1. The van der Waals surface area contributed by atoms with E-state index in [-0.39, 0.29) is 11.9 Å². The number of rotatable bonds is 6. The summed E-state index contributed by atoms with van der Waals surface area (Å²) in [5.41, 5.74) is 4.31. The van der Waals surface area contributed by atoms with Crippen molar-refractivity contribution in [1.82, 2.24) is 25.0 Å². The minimum absolute atomic E-state index is 0.199. The van der Waals surface area contributed by atoms with Crippen molar-refractivity contribution >= 4 is 57.3 Å². The summed E-state index contributed by atoms with van der Waals surface area (Å²) in [7, 11) is 0. The van der Waals surface area contributed by atoms with Gasteiger partial charge in [-0.05, 0) is 44.5 Å². The zero-order valence-corrected chi connectivity index (χ0v) is 19.0. The third-order valence-corrected chi connectivity index (χ3v) is 6.95. The van der Waals surface area contributed by atoms with Crippen molar-refractivity contribution in [2.24, 2.45) is 0 Å². The summed E-state index contributed by atoms with van der Waals surface area (Å²) in [6.07, 6.45) is 2.63. The quantitative estimate of drug-likeness (QED) is 0.403. The van der Waals surface area contributed by atoms with Gasteiger partial charge in [0.1, 0.15) is 5.51 Å². The number of nitrogens with zero attached hydrogens (tertiary/aromatic N) is 5. The van der Waals surface area contributed by atoms with Crippen molar-refractivity contribution in [3.63, 3.8) is 0 Å². The molecule has 1 aromatic carbocycles. The number of halogens is 1. The number of hydrogen-bond acceptors (Lipinski definition) is 7. The minimum atomic E-state index is -0.227. The van der Waals surface area contributed by atoms with E-state index in [1.165, 1.54) is 23.1 Å². The van der Waals surface area contributed by atoms with Crippen molar-refractivity contribution in [1.29, 1.82) is 0 Å². The van der Waals surface area contributed by atoms with Crippen LogP contribution in [-0.2, 0) is 0 Å². The van der Waals surface area contributed by atoms with Crippen molar-refractivity contribution in [2.75, 3.05) is 5.32 Å². The molecule has 0 aliphatic carbocycles. The summed E-state index contributed by atoms with van der Waals surface area (Å²) >= 11 is 9.29. The van der Waals surface area contributed by atoms with Crippen molar-refractivity contribution < 1.29 is 4.79 Å². The van der Waals surface area contributed by atoms with Gasteiger partial charge in [0, 0.05) is 16.3 Å². The largest absolute Gasteiger partial charge is 0.322 e. The number of aromatic nitrogens is 5. The normalized spacial score (nSPS) is 12.3. The molecule has 0 saturated heterocycles. The number of fused-ring (bicyclic) bond motifs is 1. The van der Waals surface area contributed by atoms with E-state index in [9.17, 15) is 4.79 Å². The van der Waals surface area contributed by atoms with Gasteiger partial charge in [0.25, 0.3) is 5.91 Å². The molecule has 7 nitrogen and oxygen atoms in total. The molecule has 0 saturated carbocycles. The van der Waals surface area contributed by atoms with Crippen LogP contribution in [0.15, 0.2) is 45.2 Å². The summed E-state index contributed by atoms with van der Waals surface area (Å²) < 4.78 is 2.68. The van der Waals surface area contributed by atoms with Crippen LogP contribution in [0.2, 0.25) is 5.02 Å². The Bertz CT molecular complexity index is 1210. The Hall–Kier alpha value is -2.49. The maximum absolute atomic E-state index is 13.0. The lowest BCUT2D eigenvalue weighted by Gasteiger charge is -2.12. The van der Waals surface area contributed by atoms with E-state index in [0.29, 0.717) is 16.3 Å². The molecule has 10 heteroatoms. The highest BCUT2D eigenvalue weighted by Gasteiger charge is 2.18. The predicted molar refractivity (Wildman–Crippen MR) is 121 cm³/mol. The van der Waals surface area contributed by atoms with Gasteiger partial charge in [-0.25, -0.2) is 9.67 Å². The number of anilines is 1. The number of carbonyl (C=O) groups is 1. The van der Waals surface area contributed by atoms with Gasteiger partial charge in [0.2, 0.25) is 0 Å². The highest BCUT2D eigenvalue weighted by Crippen LogP contribution is 2.35. The lowest BCUT2D eigenvalue weighted by Crippen LogP contribution is -2.13. The van der Waals surface area contributed by atoms with Crippen LogP contribution in [0.3, 0.4) is 0 Å². The van der Waals surface area contributed by atoms with E-state index >= 15 is 0 Å². The fourth-order valence-electron chi connectivity index (χ4n) is 2.99. The van der Waals surface area contributed by atoms with E-state index in [1.807, 2.05) is 23.7 Å². The van der Waals surface area contributed by atoms with Gasteiger partial charge >= 0.3 is 0 Å². The average molecular weight is 459 g/mol. The van der Waals surface area contributed by atoms with Gasteiger partial charge in [-0.15, -0.1) is 10.2 Å². The van der Waals surface area contributed by atoms with Crippen LogP contribution in [0, 0.1) is 6.92 Å². The maximum atomic E-state index is 13.0. The standard InChI is InChI=1S/C20H19ClN6OS2/c1-4-12(3)27-18-15(9-23-27)14(7-11(2)24-18)19(28)25-13-5-6-17(16(21)8-13)30-20-26-22-10-29-20/h5-10,12H,4H2,1-3H3,(H,25,28). The molecule has 0 bridgehead atoms. The summed E-state index contributed by atoms with van der Waals surface area (Å²) in [5, 5.41) is 16.5. The average Bonchev–Trinajstić information content (AvgIpc) is 3.38. The fourth-order valence-corrected chi connectivity index (χ4v) is 4.72. The summed E-state index contributed by atoms with van der Waals surface area (Å²) in [6, 6.07) is 7.39. The maximum Gasteiger partial charge on any atom is 0.256 e. The number of carbonyl (C=O) groups excluding carboxylic acids is 1. The van der Waals surface area contributed by atoms with Gasteiger partial charge < -0.3 is 5.32 Å². The molecular weight excluding hydrogens is 440 g/mol. The summed E-state index contributed by atoms with van der Waals surface area (Å²) in [5.74, 6) is -0.227. The third-order valence-electron chi connectivity index (χ3n) is 4.67. The number of amides is 1. The summed E-state index contributed by atoms with van der Waals surface area (Å²) in [4.78, 5) is 18.5. The summed E-state index contributed by atoms with van der Waals surface area (Å²) in [6.45, 7) is 6.05. The van der Waals surface area contributed by atoms with Crippen LogP contribution in [-0.4, -0.2) is 30.9 Å². The lowest BCUT2D eigenvalue weighted by molar-refractivity contribution is 0.102. The second-order valence-electron chi connectivity index (χ2n) is 6.80. The first-order chi connectivity index (χ1) is 14.5. The van der Waals surface area contributed by atoms with E-state index < -0.39 is 0 Å². The molecule has 4 aromatic rings. The SMILES string of the molecule is CCC(C)n1ncc2c(C(=O)Nc3ccc(Sc4nncs4)c(Cl)c3)cc(C)nc21. The second-order valence-corrected chi connectivity index (χ2v) is 9.33. The Kier molecular flexibility index (Phi) is 6.03. The molecule has 0 fully saturated rings. The molecule has 0 aliphatic rings. The molecule has 3 aromatic heterocycles. The monoisotopic (exact) mass is 458 g/mol. The van der Waals surface area contributed by atoms with Crippen LogP contribution in [0.5, 0.6) is 0 Å². The van der Waals surface area contributed by atoms with Gasteiger partial charge in [0.05, 0.1) is 28.2 Å². The van der Waals surface area contributed by atoms with Crippen molar-refractivity contribution in [2.45, 2.75) is 42.5 Å². The predicted octanol–water partition coefficient (Wildman–Crippen LogP) is 5.62. The van der Waals surface area contributed by atoms with E-state index in [2.05, 4.69) is 39.4 Å². The molecule has 4 rings (SSSR count). The lowest BCUT2D eigenvalue weighted by atomic mass is 10.1. The highest BCUT2D eigenvalue weighted by molar-refractivity contribution is 8.01.